The zero-order valence-corrected chi connectivity index (χ0v) is 16.6. The standard InChI is InChI=1S/C16H20N6O2S.CH2O2/c1-3-13-17-18-16(25-13)21-8-11(7-14(21)23)15(24)20-4-5-22-12(9-20)6-10(2)19-22;2-1-3/h6,11H,3-5,7-9H2,1-2H3;1H,(H,2,3). The van der Waals surface area contributed by atoms with Gasteiger partial charge in [-0.3, -0.25) is 24.0 Å². The summed E-state index contributed by atoms with van der Waals surface area (Å²) in [7, 11) is 0. The summed E-state index contributed by atoms with van der Waals surface area (Å²) in [6.45, 7) is 6.00. The summed E-state index contributed by atoms with van der Waals surface area (Å²) in [4.78, 5) is 37.0. The number of amides is 2. The van der Waals surface area contributed by atoms with E-state index < -0.39 is 0 Å². The minimum atomic E-state index is -0.308. The summed E-state index contributed by atoms with van der Waals surface area (Å²) in [6, 6.07) is 2.01. The van der Waals surface area contributed by atoms with Crippen molar-refractivity contribution >= 4 is 34.8 Å². The quantitative estimate of drug-likeness (QED) is 0.745. The zero-order chi connectivity index (χ0) is 20.3. The summed E-state index contributed by atoms with van der Waals surface area (Å²) in [5, 5.41) is 21.0. The third kappa shape index (κ3) is 4.03. The van der Waals surface area contributed by atoms with E-state index in [4.69, 9.17) is 9.90 Å². The van der Waals surface area contributed by atoms with E-state index in [9.17, 15) is 9.59 Å². The first-order valence-electron chi connectivity index (χ1n) is 8.99. The first kappa shape index (κ1) is 19.9. The molecule has 2 aromatic rings. The van der Waals surface area contributed by atoms with E-state index in [1.165, 1.54) is 11.3 Å². The predicted octanol–water partition coefficient (Wildman–Crippen LogP) is 0.702. The molecule has 10 nitrogen and oxygen atoms in total. The zero-order valence-electron chi connectivity index (χ0n) is 15.7. The highest BCUT2D eigenvalue weighted by atomic mass is 32.1. The molecular weight excluding hydrogens is 384 g/mol. The lowest BCUT2D eigenvalue weighted by molar-refractivity contribution is -0.137. The molecule has 1 N–H and O–H groups in total. The summed E-state index contributed by atoms with van der Waals surface area (Å²) in [6.07, 6.45) is 1.04. The van der Waals surface area contributed by atoms with E-state index >= 15 is 0 Å². The van der Waals surface area contributed by atoms with Gasteiger partial charge >= 0.3 is 0 Å². The van der Waals surface area contributed by atoms with Gasteiger partial charge in [0.15, 0.2) is 0 Å². The normalized spacial score (nSPS) is 18.5. The molecule has 2 aromatic heterocycles. The second-order valence-corrected chi connectivity index (χ2v) is 7.64. The van der Waals surface area contributed by atoms with Gasteiger partial charge in [-0.1, -0.05) is 18.3 Å². The van der Waals surface area contributed by atoms with Crippen LogP contribution in [-0.2, 0) is 33.9 Å². The van der Waals surface area contributed by atoms with Crippen molar-refractivity contribution in [1.29, 1.82) is 0 Å². The molecule has 4 rings (SSSR count). The van der Waals surface area contributed by atoms with E-state index in [1.807, 2.05) is 29.5 Å². The summed E-state index contributed by atoms with van der Waals surface area (Å²) < 4.78 is 1.96. The van der Waals surface area contributed by atoms with Gasteiger partial charge in [0.25, 0.3) is 6.47 Å². The Balaban J connectivity index is 0.000000706. The summed E-state index contributed by atoms with van der Waals surface area (Å²) >= 11 is 1.42. The number of carbonyl (C=O) groups excluding carboxylic acids is 2. The smallest absolute Gasteiger partial charge is 0.290 e. The Morgan fingerprint density at radius 3 is 2.82 bits per heavy atom. The van der Waals surface area contributed by atoms with Crippen molar-refractivity contribution in [3.05, 3.63) is 22.5 Å². The number of hydrogen-bond acceptors (Lipinski definition) is 7. The van der Waals surface area contributed by atoms with Crippen LogP contribution in [0.1, 0.15) is 29.7 Å². The third-order valence-corrected chi connectivity index (χ3v) is 5.79. The molecule has 0 aliphatic carbocycles. The van der Waals surface area contributed by atoms with Crippen molar-refractivity contribution in [2.75, 3.05) is 18.0 Å². The van der Waals surface area contributed by atoms with Gasteiger partial charge in [0.1, 0.15) is 5.01 Å². The topological polar surface area (TPSA) is 122 Å². The molecule has 1 fully saturated rings. The number of rotatable bonds is 3. The fourth-order valence-corrected chi connectivity index (χ4v) is 4.22. The number of hydrogen-bond donors (Lipinski definition) is 1. The molecule has 11 heteroatoms. The average Bonchev–Trinajstić information content (AvgIpc) is 3.37. The Bertz CT molecular complexity index is 879. The number of carboxylic acid groups (broad SMARTS) is 1. The van der Waals surface area contributed by atoms with E-state index in [2.05, 4.69) is 15.3 Å². The minimum absolute atomic E-state index is 0.0428. The number of aromatic nitrogens is 4. The fourth-order valence-electron chi connectivity index (χ4n) is 3.41. The Labute approximate surface area is 165 Å². The Hall–Kier alpha value is -2.82. The largest absolute Gasteiger partial charge is 0.483 e. The van der Waals surface area contributed by atoms with E-state index in [-0.39, 0.29) is 30.6 Å². The van der Waals surface area contributed by atoms with Crippen LogP contribution in [0.4, 0.5) is 5.13 Å². The molecule has 1 atom stereocenters. The lowest BCUT2D eigenvalue weighted by Gasteiger charge is -2.29. The van der Waals surface area contributed by atoms with Crippen LogP contribution < -0.4 is 4.90 Å². The number of anilines is 1. The van der Waals surface area contributed by atoms with Crippen molar-refractivity contribution in [2.45, 2.75) is 39.8 Å². The van der Waals surface area contributed by atoms with Crippen molar-refractivity contribution in [3.63, 3.8) is 0 Å². The van der Waals surface area contributed by atoms with Crippen LogP contribution in [0, 0.1) is 12.8 Å². The van der Waals surface area contributed by atoms with Gasteiger partial charge in [-0.25, -0.2) is 0 Å². The maximum atomic E-state index is 12.9. The maximum absolute atomic E-state index is 12.9. The van der Waals surface area contributed by atoms with Crippen LogP contribution in [0.5, 0.6) is 0 Å². The minimum Gasteiger partial charge on any atom is -0.483 e. The van der Waals surface area contributed by atoms with E-state index in [0.717, 1.165) is 22.8 Å². The molecule has 1 saturated heterocycles. The second-order valence-electron chi connectivity index (χ2n) is 6.60. The molecule has 2 amide bonds. The predicted molar refractivity (Wildman–Crippen MR) is 101 cm³/mol. The van der Waals surface area contributed by atoms with E-state index in [0.29, 0.717) is 31.3 Å². The first-order chi connectivity index (χ1) is 13.5. The van der Waals surface area contributed by atoms with Gasteiger partial charge in [-0.15, -0.1) is 10.2 Å². The molecule has 0 bridgehead atoms. The number of fused-ring (bicyclic) bond motifs is 1. The van der Waals surface area contributed by atoms with Crippen LogP contribution >= 0.6 is 11.3 Å². The van der Waals surface area contributed by atoms with E-state index in [1.54, 1.807) is 4.90 Å². The molecule has 0 aromatic carbocycles. The molecule has 0 spiro atoms. The maximum Gasteiger partial charge on any atom is 0.290 e. The monoisotopic (exact) mass is 406 g/mol. The van der Waals surface area contributed by atoms with Crippen molar-refractivity contribution in [1.82, 2.24) is 24.9 Å². The van der Waals surface area contributed by atoms with Crippen LogP contribution in [0.15, 0.2) is 6.07 Å². The highest BCUT2D eigenvalue weighted by Crippen LogP contribution is 2.29. The van der Waals surface area contributed by atoms with Crippen LogP contribution in [-0.4, -0.2) is 61.4 Å². The summed E-state index contributed by atoms with van der Waals surface area (Å²) in [5.41, 5.74) is 2.02. The number of aryl methyl sites for hydroxylation is 2. The van der Waals surface area contributed by atoms with Crippen LogP contribution in [0.2, 0.25) is 0 Å². The summed E-state index contributed by atoms with van der Waals surface area (Å²) in [5.74, 6) is -0.312. The molecule has 28 heavy (non-hydrogen) atoms. The van der Waals surface area contributed by atoms with Gasteiger partial charge in [0.05, 0.1) is 30.4 Å². The Kier molecular flexibility index (Phi) is 6.02. The molecule has 0 radical (unpaired) electrons. The van der Waals surface area contributed by atoms with Gasteiger partial charge in [0, 0.05) is 19.5 Å². The first-order valence-corrected chi connectivity index (χ1v) is 9.81. The van der Waals surface area contributed by atoms with Gasteiger partial charge < -0.3 is 10.0 Å². The molecule has 2 aliphatic rings. The number of nitrogens with zero attached hydrogens (tertiary/aromatic N) is 6. The highest BCUT2D eigenvalue weighted by molar-refractivity contribution is 7.15. The fraction of sp³-hybridized carbons (Fsp3) is 0.529. The number of carbonyl (C=O) groups is 3. The molecule has 1 unspecified atom stereocenters. The third-order valence-electron chi connectivity index (χ3n) is 4.70. The van der Waals surface area contributed by atoms with Gasteiger partial charge in [-0.05, 0) is 19.4 Å². The van der Waals surface area contributed by atoms with Crippen molar-refractivity contribution in [3.8, 4) is 0 Å². The highest BCUT2D eigenvalue weighted by Gasteiger charge is 2.39. The molecular formula is C17H22N6O4S. The average molecular weight is 406 g/mol. The Morgan fingerprint density at radius 2 is 2.14 bits per heavy atom. The SMILES string of the molecule is CCc1nnc(N2CC(C(=O)N3CCn4nc(C)cc4C3)CC2=O)s1.O=CO. The van der Waals surface area contributed by atoms with Crippen LogP contribution in [0.3, 0.4) is 0 Å². The van der Waals surface area contributed by atoms with Crippen molar-refractivity contribution < 1.29 is 19.5 Å². The molecule has 4 heterocycles. The van der Waals surface area contributed by atoms with Crippen molar-refractivity contribution in [2.24, 2.45) is 5.92 Å². The molecule has 0 saturated carbocycles. The van der Waals surface area contributed by atoms with Gasteiger partial charge in [0.2, 0.25) is 16.9 Å². The van der Waals surface area contributed by atoms with Crippen LogP contribution in [0.25, 0.3) is 0 Å². The molecule has 2 aliphatic heterocycles. The van der Waals surface area contributed by atoms with Gasteiger partial charge in [-0.2, -0.15) is 5.10 Å². The lowest BCUT2D eigenvalue weighted by Crippen LogP contribution is -2.42. The lowest BCUT2D eigenvalue weighted by atomic mass is 10.1. The Morgan fingerprint density at radius 1 is 1.39 bits per heavy atom. The molecule has 150 valence electrons. The second kappa shape index (κ2) is 8.46.